The first kappa shape index (κ1) is 12.6. The van der Waals surface area contributed by atoms with E-state index < -0.39 is 0 Å². The number of benzene rings is 2. The number of hydroxylamine groups is 2. The van der Waals surface area contributed by atoms with Gasteiger partial charge in [0.1, 0.15) is 12.2 Å². The number of quaternary nitrogens is 1. The minimum absolute atomic E-state index is 0.385. The summed E-state index contributed by atoms with van der Waals surface area (Å²) in [6.07, 6.45) is 3.91. The highest BCUT2D eigenvalue weighted by atomic mass is 16.5. The maximum atomic E-state index is 12.4. The van der Waals surface area contributed by atoms with Gasteiger partial charge in [-0.1, -0.05) is 54.6 Å². The Balaban J connectivity index is 2.04. The highest BCUT2D eigenvalue weighted by Gasteiger charge is 2.10. The largest absolute Gasteiger partial charge is 0.627 e. The summed E-state index contributed by atoms with van der Waals surface area (Å²) < 4.78 is -0.385. The van der Waals surface area contributed by atoms with Gasteiger partial charge in [0.25, 0.3) is 0 Å². The van der Waals surface area contributed by atoms with E-state index >= 15 is 0 Å². The van der Waals surface area contributed by atoms with Gasteiger partial charge in [-0.15, -0.1) is 0 Å². The third-order valence-electron chi connectivity index (χ3n) is 2.87. The number of para-hydroxylation sites is 1. The van der Waals surface area contributed by atoms with Gasteiger partial charge < -0.3 is 9.85 Å². The highest BCUT2D eigenvalue weighted by Crippen LogP contribution is 2.18. The molecule has 0 amide bonds. The number of likely N-dealkylation sites (N-methyl/N-ethyl adjacent to an activating group) is 1. The molecule has 18 heavy (non-hydrogen) atoms. The number of hydrogen-bond acceptors (Lipinski definition) is 1. The van der Waals surface area contributed by atoms with E-state index in [9.17, 15) is 5.21 Å². The zero-order valence-electron chi connectivity index (χ0n) is 10.5. The molecule has 0 saturated carbocycles. The quantitative estimate of drug-likeness (QED) is 0.587. The van der Waals surface area contributed by atoms with Crippen molar-refractivity contribution in [2.75, 3.05) is 13.6 Å². The van der Waals surface area contributed by atoms with E-state index in [1.165, 1.54) is 0 Å². The molecule has 1 unspecified atom stereocenters. The Morgan fingerprint density at radius 1 is 0.944 bits per heavy atom. The average molecular weight is 239 g/mol. The molecule has 0 spiro atoms. The van der Waals surface area contributed by atoms with Gasteiger partial charge in [0, 0.05) is 0 Å². The lowest BCUT2D eigenvalue weighted by Crippen LogP contribution is -2.38. The Kier molecular flexibility index (Phi) is 3.92. The molecule has 92 valence electrons. The fourth-order valence-electron chi connectivity index (χ4n) is 1.80. The minimum atomic E-state index is -0.385. The summed E-state index contributed by atoms with van der Waals surface area (Å²) >= 11 is 0. The van der Waals surface area contributed by atoms with Gasteiger partial charge in [0.05, 0.1) is 7.05 Å². The van der Waals surface area contributed by atoms with Crippen molar-refractivity contribution in [2.24, 2.45) is 0 Å². The van der Waals surface area contributed by atoms with E-state index in [0.29, 0.717) is 6.54 Å². The van der Waals surface area contributed by atoms with Crippen LogP contribution in [0.1, 0.15) is 5.56 Å². The molecule has 1 atom stereocenters. The maximum absolute atomic E-state index is 12.4. The predicted octanol–water partition coefficient (Wildman–Crippen LogP) is 3.83. The molecule has 0 heterocycles. The molecule has 0 aliphatic heterocycles. The monoisotopic (exact) mass is 239 g/mol. The van der Waals surface area contributed by atoms with Crippen molar-refractivity contribution in [2.45, 2.75) is 0 Å². The molecule has 0 aliphatic rings. The van der Waals surface area contributed by atoms with E-state index in [1.807, 2.05) is 72.8 Å². The van der Waals surface area contributed by atoms with Crippen LogP contribution in [0, 0.1) is 5.21 Å². The van der Waals surface area contributed by atoms with Crippen LogP contribution in [0.5, 0.6) is 0 Å². The van der Waals surface area contributed by atoms with Crippen LogP contribution >= 0.6 is 0 Å². The second-order valence-electron chi connectivity index (χ2n) is 4.43. The second-order valence-corrected chi connectivity index (χ2v) is 4.43. The Morgan fingerprint density at radius 2 is 1.50 bits per heavy atom. The van der Waals surface area contributed by atoms with Gasteiger partial charge in [0.15, 0.2) is 0 Å². The summed E-state index contributed by atoms with van der Waals surface area (Å²) in [5.74, 6) is 0. The molecule has 0 aliphatic carbocycles. The average Bonchev–Trinajstić information content (AvgIpc) is 2.41. The van der Waals surface area contributed by atoms with Crippen LogP contribution in [0.3, 0.4) is 0 Å². The van der Waals surface area contributed by atoms with Crippen LogP contribution < -0.4 is 4.65 Å². The van der Waals surface area contributed by atoms with Crippen molar-refractivity contribution in [1.82, 2.24) is 4.65 Å². The summed E-state index contributed by atoms with van der Waals surface area (Å²) in [5.41, 5.74) is 1.89. The fourth-order valence-corrected chi connectivity index (χ4v) is 1.80. The lowest BCUT2D eigenvalue weighted by atomic mass is 10.2. The van der Waals surface area contributed by atoms with Crippen molar-refractivity contribution < 1.29 is 0 Å². The summed E-state index contributed by atoms with van der Waals surface area (Å²) in [4.78, 5) is 0. The van der Waals surface area contributed by atoms with Crippen molar-refractivity contribution in [3.05, 3.63) is 77.5 Å². The summed E-state index contributed by atoms with van der Waals surface area (Å²) in [7, 11) is 1.67. The van der Waals surface area contributed by atoms with Gasteiger partial charge in [-0.05, 0) is 23.8 Å². The Bertz CT molecular complexity index is 503. The van der Waals surface area contributed by atoms with Crippen molar-refractivity contribution in [3.8, 4) is 0 Å². The zero-order chi connectivity index (χ0) is 12.8. The topological polar surface area (TPSA) is 23.1 Å². The van der Waals surface area contributed by atoms with E-state index in [-0.39, 0.29) is 4.65 Å². The van der Waals surface area contributed by atoms with Crippen molar-refractivity contribution in [1.29, 1.82) is 0 Å². The fraction of sp³-hybridized carbons (Fsp3) is 0.125. The molecule has 2 rings (SSSR count). The van der Waals surface area contributed by atoms with Crippen molar-refractivity contribution >= 4 is 11.8 Å². The minimum Gasteiger partial charge on any atom is -0.627 e. The lowest BCUT2D eigenvalue weighted by molar-refractivity contribution is 0.494. The SMILES string of the molecule is C[N+]([O-])(CC=Cc1ccccc1)c1ccccc1. The van der Waals surface area contributed by atoms with Gasteiger partial charge in [-0.25, -0.2) is 0 Å². The lowest BCUT2D eigenvalue weighted by Gasteiger charge is -2.36. The van der Waals surface area contributed by atoms with Crippen LogP contribution in [-0.2, 0) is 0 Å². The molecule has 2 heteroatoms. The maximum Gasteiger partial charge on any atom is 0.132 e. The second kappa shape index (κ2) is 5.63. The molecular weight excluding hydrogens is 222 g/mol. The molecule has 2 nitrogen and oxygen atoms in total. The number of rotatable bonds is 4. The third kappa shape index (κ3) is 3.29. The normalized spacial score (nSPS) is 14.6. The molecule has 0 aromatic heterocycles. The zero-order valence-corrected chi connectivity index (χ0v) is 10.5. The molecule has 0 radical (unpaired) electrons. The van der Waals surface area contributed by atoms with Gasteiger partial charge >= 0.3 is 0 Å². The first-order valence-electron chi connectivity index (χ1n) is 6.02. The Labute approximate surface area is 108 Å². The molecule has 0 N–H and O–H groups in total. The Hall–Kier alpha value is -1.90. The summed E-state index contributed by atoms with van der Waals surface area (Å²) in [5, 5.41) is 12.4. The predicted molar refractivity (Wildman–Crippen MR) is 77.9 cm³/mol. The van der Waals surface area contributed by atoms with Crippen molar-refractivity contribution in [3.63, 3.8) is 0 Å². The molecule has 2 aromatic carbocycles. The van der Waals surface area contributed by atoms with Crippen LogP contribution in [0.15, 0.2) is 66.7 Å². The molecule has 2 aromatic rings. The Morgan fingerprint density at radius 3 is 2.11 bits per heavy atom. The van der Waals surface area contributed by atoms with Crippen LogP contribution in [-0.4, -0.2) is 13.6 Å². The molecule has 0 saturated heterocycles. The number of nitrogens with zero attached hydrogens (tertiary/aromatic N) is 1. The van der Waals surface area contributed by atoms with Crippen LogP contribution in [0.25, 0.3) is 6.08 Å². The van der Waals surface area contributed by atoms with E-state index in [0.717, 1.165) is 11.3 Å². The van der Waals surface area contributed by atoms with E-state index in [1.54, 1.807) is 7.05 Å². The summed E-state index contributed by atoms with van der Waals surface area (Å²) in [6.45, 7) is 0.429. The first-order chi connectivity index (χ1) is 8.68. The van der Waals surface area contributed by atoms with Crippen LogP contribution in [0.2, 0.25) is 0 Å². The highest BCUT2D eigenvalue weighted by molar-refractivity contribution is 5.50. The van der Waals surface area contributed by atoms with E-state index in [2.05, 4.69) is 0 Å². The standard InChI is InChI=1S/C16H17NO/c1-17(18,16-12-6-3-7-13-16)14-8-11-15-9-4-2-5-10-15/h2-13H,14H2,1H3. The van der Waals surface area contributed by atoms with Gasteiger partial charge in [-0.2, -0.15) is 0 Å². The molecule has 0 fully saturated rings. The third-order valence-corrected chi connectivity index (χ3v) is 2.87. The van der Waals surface area contributed by atoms with Gasteiger partial charge in [0.2, 0.25) is 0 Å². The summed E-state index contributed by atoms with van der Waals surface area (Å²) in [6, 6.07) is 19.4. The molecular formula is C16H17NO. The smallest absolute Gasteiger partial charge is 0.132 e. The van der Waals surface area contributed by atoms with Gasteiger partial charge in [-0.3, -0.25) is 0 Å². The number of hydrogen-bond donors (Lipinski definition) is 0. The first-order valence-corrected chi connectivity index (χ1v) is 6.02. The van der Waals surface area contributed by atoms with Crippen LogP contribution in [0.4, 0.5) is 5.69 Å². The van der Waals surface area contributed by atoms with E-state index in [4.69, 9.17) is 0 Å². The molecule has 0 bridgehead atoms.